The van der Waals surface area contributed by atoms with Crippen LogP contribution in [-0.2, 0) is 9.59 Å². The lowest BCUT2D eigenvalue weighted by Crippen LogP contribution is -2.48. The first-order valence-electron chi connectivity index (χ1n) is 9.63. The molecule has 4 nitrogen and oxygen atoms in total. The Morgan fingerprint density at radius 1 is 1.15 bits per heavy atom. The molecule has 0 heterocycles. The molecule has 1 atom stereocenters. The zero-order valence-corrected chi connectivity index (χ0v) is 16.7. The summed E-state index contributed by atoms with van der Waals surface area (Å²) in [5.74, 6) is -1.25. The highest BCUT2D eigenvalue weighted by Crippen LogP contribution is 2.37. The van der Waals surface area contributed by atoms with Gasteiger partial charge in [0.2, 0.25) is 11.8 Å². The Bertz CT molecular complexity index is 689. The summed E-state index contributed by atoms with van der Waals surface area (Å²) in [4.78, 5) is 27.3. The van der Waals surface area contributed by atoms with E-state index in [1.807, 2.05) is 0 Å². The lowest BCUT2D eigenvalue weighted by Gasteiger charge is -2.33. The summed E-state index contributed by atoms with van der Waals surface area (Å²) < 4.78 is 13.5. The van der Waals surface area contributed by atoms with Crippen molar-refractivity contribution in [2.45, 2.75) is 69.5 Å². The molecule has 2 fully saturated rings. The molecule has 0 unspecified atom stereocenters. The van der Waals surface area contributed by atoms with Crippen molar-refractivity contribution in [2.24, 2.45) is 0 Å². The van der Waals surface area contributed by atoms with Gasteiger partial charge in [-0.2, -0.15) is 0 Å². The van der Waals surface area contributed by atoms with E-state index in [9.17, 15) is 14.0 Å². The van der Waals surface area contributed by atoms with Crippen molar-refractivity contribution in [3.8, 4) is 0 Å². The van der Waals surface area contributed by atoms with Gasteiger partial charge < -0.3 is 10.2 Å². The first-order chi connectivity index (χ1) is 13.0. The number of carbonyl (C=O) groups is 2. The highest BCUT2D eigenvalue weighted by Gasteiger charge is 2.42. The molecule has 0 bridgehead atoms. The Hall–Kier alpha value is -1.33. The summed E-state index contributed by atoms with van der Waals surface area (Å²) in [6.07, 6.45) is 8.05. The minimum absolute atomic E-state index is 0.0257. The van der Waals surface area contributed by atoms with Gasteiger partial charge in [0.25, 0.3) is 0 Å². The molecule has 0 spiro atoms. The molecular formula is C20H25Cl2FN2O2. The van der Waals surface area contributed by atoms with E-state index in [0.717, 1.165) is 38.5 Å². The smallest absolute Gasteiger partial charge is 0.247 e. The lowest BCUT2D eigenvalue weighted by atomic mass is 10.0. The minimum atomic E-state index is -0.889. The van der Waals surface area contributed by atoms with E-state index < -0.39 is 11.9 Å². The Morgan fingerprint density at radius 2 is 1.81 bits per heavy atom. The maximum Gasteiger partial charge on any atom is 0.247 e. The molecule has 2 aliphatic carbocycles. The van der Waals surface area contributed by atoms with Crippen LogP contribution in [-0.4, -0.2) is 34.7 Å². The van der Waals surface area contributed by atoms with Crippen LogP contribution < -0.4 is 5.32 Å². The van der Waals surface area contributed by atoms with E-state index in [0.29, 0.717) is 5.56 Å². The molecule has 0 aliphatic heterocycles. The summed E-state index contributed by atoms with van der Waals surface area (Å²) in [5.41, 5.74) is 0.439. The summed E-state index contributed by atoms with van der Waals surface area (Å²) in [6, 6.07) is 3.12. The maximum absolute atomic E-state index is 13.5. The molecule has 27 heavy (non-hydrogen) atoms. The number of hydrogen-bond donors (Lipinski definition) is 1. The van der Waals surface area contributed by atoms with Crippen LogP contribution in [0, 0.1) is 5.82 Å². The topological polar surface area (TPSA) is 49.4 Å². The second-order valence-corrected chi connectivity index (χ2v) is 8.11. The number of hydrogen-bond acceptors (Lipinski definition) is 2. The molecule has 7 heteroatoms. The molecule has 2 aliphatic rings. The van der Waals surface area contributed by atoms with Crippen LogP contribution in [0.1, 0.15) is 63.0 Å². The van der Waals surface area contributed by atoms with Crippen molar-refractivity contribution in [3.05, 3.63) is 34.6 Å². The van der Waals surface area contributed by atoms with E-state index in [1.165, 1.54) is 35.9 Å². The quantitative estimate of drug-likeness (QED) is 0.546. The number of carbonyl (C=O) groups excluding carboxylic acids is 2. The first kappa shape index (κ1) is 20.4. The third-order valence-electron chi connectivity index (χ3n) is 5.33. The zero-order valence-electron chi connectivity index (χ0n) is 15.2. The maximum atomic E-state index is 13.5. The molecule has 0 saturated heterocycles. The number of benzene rings is 1. The molecule has 1 N–H and O–H groups in total. The van der Waals surface area contributed by atoms with E-state index in [2.05, 4.69) is 5.32 Å². The fourth-order valence-corrected chi connectivity index (χ4v) is 4.23. The fraction of sp³-hybridized carbons (Fsp3) is 0.600. The average molecular weight is 415 g/mol. The normalized spacial score (nSPS) is 19.2. The fourth-order valence-electron chi connectivity index (χ4n) is 3.82. The summed E-state index contributed by atoms with van der Waals surface area (Å²) in [7, 11) is 0. The molecule has 1 aromatic rings. The van der Waals surface area contributed by atoms with Gasteiger partial charge in [0, 0.05) is 22.7 Å². The van der Waals surface area contributed by atoms with Crippen molar-refractivity contribution in [1.29, 1.82) is 0 Å². The highest BCUT2D eigenvalue weighted by molar-refractivity contribution is 6.31. The third-order valence-corrected chi connectivity index (χ3v) is 5.88. The van der Waals surface area contributed by atoms with Crippen LogP contribution in [0.15, 0.2) is 18.2 Å². The van der Waals surface area contributed by atoms with Crippen molar-refractivity contribution in [2.75, 3.05) is 5.88 Å². The standard InChI is InChI=1S/C20H25Cl2FN2O2/c21-12-18(26)25(15-8-9-15)19(16-10-7-13(23)11-17(16)22)20(27)24-14-5-3-1-2-4-6-14/h7,10-11,14-15,19H,1-6,8-9,12H2,(H,24,27)/t19-/m0/s1. The number of halogens is 3. The number of nitrogens with zero attached hydrogens (tertiary/aromatic N) is 1. The van der Waals surface area contributed by atoms with Gasteiger partial charge in [0.05, 0.1) is 0 Å². The highest BCUT2D eigenvalue weighted by atomic mass is 35.5. The van der Waals surface area contributed by atoms with Crippen LogP contribution in [0.25, 0.3) is 0 Å². The van der Waals surface area contributed by atoms with Crippen LogP contribution in [0.4, 0.5) is 4.39 Å². The van der Waals surface area contributed by atoms with Gasteiger partial charge in [0.15, 0.2) is 0 Å². The Morgan fingerprint density at radius 3 is 2.37 bits per heavy atom. The van der Waals surface area contributed by atoms with Crippen molar-refractivity contribution >= 4 is 35.0 Å². The monoisotopic (exact) mass is 414 g/mol. The predicted octanol–water partition coefficient (Wildman–Crippen LogP) is 4.59. The van der Waals surface area contributed by atoms with Crippen molar-refractivity contribution < 1.29 is 14.0 Å². The third kappa shape index (κ3) is 5.14. The molecule has 1 aromatic carbocycles. The van der Waals surface area contributed by atoms with Gasteiger partial charge in [-0.15, -0.1) is 11.6 Å². The molecule has 148 valence electrons. The Kier molecular flexibility index (Phi) is 6.99. The van der Waals surface area contributed by atoms with E-state index >= 15 is 0 Å². The van der Waals surface area contributed by atoms with Gasteiger partial charge in [-0.25, -0.2) is 4.39 Å². The summed E-state index contributed by atoms with van der Waals surface area (Å²) >= 11 is 12.1. The molecule has 0 aromatic heterocycles. The minimum Gasteiger partial charge on any atom is -0.351 e. The molecular weight excluding hydrogens is 390 g/mol. The van der Waals surface area contributed by atoms with Crippen LogP contribution in [0.3, 0.4) is 0 Å². The van der Waals surface area contributed by atoms with E-state index in [1.54, 1.807) is 0 Å². The van der Waals surface area contributed by atoms with Gasteiger partial charge in [-0.05, 0) is 37.8 Å². The van der Waals surface area contributed by atoms with Gasteiger partial charge in [0.1, 0.15) is 17.7 Å². The summed E-state index contributed by atoms with van der Waals surface area (Å²) in [6.45, 7) is 0. The molecule has 0 radical (unpaired) electrons. The van der Waals surface area contributed by atoms with Gasteiger partial charge in [-0.3, -0.25) is 9.59 Å². The number of nitrogens with one attached hydrogen (secondary N) is 1. The van der Waals surface area contributed by atoms with E-state index in [4.69, 9.17) is 23.2 Å². The first-order valence-corrected chi connectivity index (χ1v) is 10.5. The van der Waals surface area contributed by atoms with Crippen LogP contribution in [0.2, 0.25) is 5.02 Å². The second kappa shape index (κ2) is 9.24. The number of rotatable bonds is 6. The average Bonchev–Trinajstić information content (AvgIpc) is 3.47. The van der Waals surface area contributed by atoms with Crippen molar-refractivity contribution in [3.63, 3.8) is 0 Å². The van der Waals surface area contributed by atoms with Gasteiger partial charge in [-0.1, -0.05) is 43.4 Å². The van der Waals surface area contributed by atoms with Crippen LogP contribution in [0.5, 0.6) is 0 Å². The Balaban J connectivity index is 1.90. The number of amides is 2. The summed E-state index contributed by atoms with van der Waals surface area (Å²) in [5, 5.41) is 3.26. The molecule has 3 rings (SSSR count). The zero-order chi connectivity index (χ0) is 19.4. The van der Waals surface area contributed by atoms with Gasteiger partial charge >= 0.3 is 0 Å². The van der Waals surface area contributed by atoms with Crippen molar-refractivity contribution in [1.82, 2.24) is 10.2 Å². The second-order valence-electron chi connectivity index (χ2n) is 7.43. The molecule has 2 saturated carbocycles. The largest absolute Gasteiger partial charge is 0.351 e. The van der Waals surface area contributed by atoms with E-state index in [-0.39, 0.29) is 34.8 Å². The van der Waals surface area contributed by atoms with Crippen LogP contribution >= 0.6 is 23.2 Å². The predicted molar refractivity (Wildman–Crippen MR) is 104 cm³/mol. The lowest BCUT2D eigenvalue weighted by molar-refractivity contribution is -0.140. The Labute approximate surface area is 169 Å². The molecule has 2 amide bonds. The SMILES string of the molecule is O=C(NC1CCCCCC1)[C@H](c1ccc(F)cc1Cl)N(C(=O)CCl)C1CC1. The number of alkyl halides is 1.